The van der Waals surface area contributed by atoms with E-state index in [1.54, 1.807) is 22.9 Å². The fraction of sp³-hybridized carbons (Fsp3) is 0.0800. The fourth-order valence-electron chi connectivity index (χ4n) is 3.39. The van der Waals surface area contributed by atoms with Crippen LogP contribution in [0.25, 0.3) is 11.3 Å². The first-order valence-corrected chi connectivity index (χ1v) is 9.90. The third-order valence-electron chi connectivity index (χ3n) is 5.03. The zero-order valence-corrected chi connectivity index (χ0v) is 17.1. The third kappa shape index (κ3) is 4.53. The van der Waals surface area contributed by atoms with Crippen molar-refractivity contribution in [3.63, 3.8) is 0 Å². The highest BCUT2D eigenvalue weighted by atomic mass is 16.2. The Morgan fingerprint density at radius 3 is 2.35 bits per heavy atom. The summed E-state index contributed by atoms with van der Waals surface area (Å²) in [5, 5.41) is 7.69. The van der Waals surface area contributed by atoms with Crippen molar-refractivity contribution in [2.75, 3.05) is 5.32 Å². The number of nitrogens with one attached hydrogen (secondary N) is 1. The lowest BCUT2D eigenvalue weighted by atomic mass is 10.1. The third-order valence-corrected chi connectivity index (χ3v) is 5.03. The molecule has 6 heteroatoms. The number of primary amides is 1. The van der Waals surface area contributed by atoms with Gasteiger partial charge in [0.25, 0.3) is 5.91 Å². The average Bonchev–Trinajstić information content (AvgIpc) is 3.16. The van der Waals surface area contributed by atoms with Gasteiger partial charge in [0, 0.05) is 22.8 Å². The van der Waals surface area contributed by atoms with Crippen LogP contribution in [0, 0.1) is 6.92 Å². The topological polar surface area (TPSA) is 90.0 Å². The lowest BCUT2D eigenvalue weighted by molar-refractivity contribution is 0.1000. The molecule has 3 N–H and O–H groups in total. The number of aromatic nitrogens is 2. The smallest absolute Gasteiger partial charge is 0.256 e. The van der Waals surface area contributed by atoms with Crippen LogP contribution in [-0.4, -0.2) is 21.6 Å². The molecule has 0 radical (unpaired) electrons. The molecule has 31 heavy (non-hydrogen) atoms. The second kappa shape index (κ2) is 8.67. The predicted molar refractivity (Wildman–Crippen MR) is 121 cm³/mol. The van der Waals surface area contributed by atoms with Crippen LogP contribution in [0.3, 0.4) is 0 Å². The SMILES string of the molecule is Cc1ccccc1-c1cc(NC(=O)c2cccc(C(N)=O)c2)n(Cc2ccccc2)n1. The van der Waals surface area contributed by atoms with Crippen LogP contribution >= 0.6 is 0 Å². The summed E-state index contributed by atoms with van der Waals surface area (Å²) in [6.07, 6.45) is 0. The Balaban J connectivity index is 1.69. The molecular weight excluding hydrogens is 388 g/mol. The molecule has 1 heterocycles. The Bertz CT molecular complexity index is 1250. The highest BCUT2D eigenvalue weighted by molar-refractivity contribution is 6.05. The van der Waals surface area contributed by atoms with Crippen molar-refractivity contribution < 1.29 is 9.59 Å². The molecule has 3 aromatic carbocycles. The van der Waals surface area contributed by atoms with Gasteiger partial charge in [-0.1, -0.05) is 60.7 Å². The van der Waals surface area contributed by atoms with Gasteiger partial charge in [-0.15, -0.1) is 0 Å². The largest absolute Gasteiger partial charge is 0.366 e. The minimum Gasteiger partial charge on any atom is -0.366 e. The molecule has 0 aliphatic heterocycles. The molecule has 0 spiro atoms. The molecule has 1 aromatic heterocycles. The van der Waals surface area contributed by atoms with E-state index in [-0.39, 0.29) is 11.5 Å². The van der Waals surface area contributed by atoms with E-state index >= 15 is 0 Å². The van der Waals surface area contributed by atoms with E-state index in [9.17, 15) is 9.59 Å². The summed E-state index contributed by atoms with van der Waals surface area (Å²) >= 11 is 0. The molecule has 0 unspecified atom stereocenters. The monoisotopic (exact) mass is 410 g/mol. The van der Waals surface area contributed by atoms with Crippen molar-refractivity contribution in [3.05, 3.63) is 107 Å². The number of hydrogen-bond acceptors (Lipinski definition) is 3. The standard InChI is InChI=1S/C25H22N4O2/c1-17-8-5-6-13-21(17)22-15-23(29(28-22)16-18-9-3-2-4-10-18)27-25(31)20-12-7-11-19(14-20)24(26)30/h2-15H,16H2,1H3,(H2,26,30)(H,27,31). The van der Waals surface area contributed by atoms with Crippen LogP contribution < -0.4 is 11.1 Å². The first kappa shape index (κ1) is 20.1. The summed E-state index contributed by atoms with van der Waals surface area (Å²) in [6, 6.07) is 26.1. The molecule has 0 bridgehead atoms. The van der Waals surface area contributed by atoms with Crippen molar-refractivity contribution in [2.24, 2.45) is 5.73 Å². The maximum Gasteiger partial charge on any atom is 0.256 e. The number of aryl methyl sites for hydroxylation is 1. The number of hydrogen-bond donors (Lipinski definition) is 2. The van der Waals surface area contributed by atoms with Gasteiger partial charge in [0.1, 0.15) is 5.82 Å². The van der Waals surface area contributed by atoms with Crippen molar-refractivity contribution in [1.82, 2.24) is 9.78 Å². The van der Waals surface area contributed by atoms with E-state index in [1.807, 2.05) is 67.6 Å². The number of amides is 2. The van der Waals surface area contributed by atoms with Crippen molar-refractivity contribution >= 4 is 17.6 Å². The van der Waals surface area contributed by atoms with Gasteiger partial charge >= 0.3 is 0 Å². The van der Waals surface area contributed by atoms with Crippen LogP contribution in [0.5, 0.6) is 0 Å². The van der Waals surface area contributed by atoms with Gasteiger partial charge in [-0.3, -0.25) is 9.59 Å². The quantitative estimate of drug-likeness (QED) is 0.498. The van der Waals surface area contributed by atoms with E-state index in [2.05, 4.69) is 5.32 Å². The summed E-state index contributed by atoms with van der Waals surface area (Å²) in [4.78, 5) is 24.4. The Morgan fingerprint density at radius 2 is 1.61 bits per heavy atom. The number of rotatable bonds is 6. The molecule has 4 rings (SSSR count). The molecule has 6 nitrogen and oxygen atoms in total. The number of anilines is 1. The normalized spacial score (nSPS) is 10.6. The molecule has 2 amide bonds. The molecule has 0 atom stereocenters. The summed E-state index contributed by atoms with van der Waals surface area (Å²) < 4.78 is 1.77. The zero-order valence-electron chi connectivity index (χ0n) is 17.1. The van der Waals surface area contributed by atoms with E-state index in [0.29, 0.717) is 17.9 Å². The van der Waals surface area contributed by atoms with Crippen LogP contribution in [0.1, 0.15) is 31.8 Å². The molecule has 0 aliphatic rings. The molecule has 0 saturated heterocycles. The van der Waals surface area contributed by atoms with Gasteiger partial charge in [-0.2, -0.15) is 5.10 Å². The number of carbonyl (C=O) groups is 2. The van der Waals surface area contributed by atoms with Crippen molar-refractivity contribution in [1.29, 1.82) is 0 Å². The highest BCUT2D eigenvalue weighted by Crippen LogP contribution is 2.26. The summed E-state index contributed by atoms with van der Waals surface area (Å²) in [5.74, 6) is -0.351. The molecule has 0 fully saturated rings. The summed E-state index contributed by atoms with van der Waals surface area (Å²) in [7, 11) is 0. The Kier molecular flexibility index (Phi) is 5.62. The van der Waals surface area contributed by atoms with Crippen molar-refractivity contribution in [3.8, 4) is 11.3 Å². The number of benzene rings is 3. The number of nitrogens with two attached hydrogens (primary N) is 1. The molecule has 4 aromatic rings. The highest BCUT2D eigenvalue weighted by Gasteiger charge is 2.16. The average molecular weight is 410 g/mol. The zero-order chi connectivity index (χ0) is 21.8. The van der Waals surface area contributed by atoms with Gasteiger partial charge in [0.05, 0.1) is 12.2 Å². The van der Waals surface area contributed by atoms with Gasteiger partial charge < -0.3 is 11.1 Å². The van der Waals surface area contributed by atoms with Crippen LogP contribution in [0.4, 0.5) is 5.82 Å². The molecule has 154 valence electrons. The van der Waals surface area contributed by atoms with Crippen LogP contribution in [0.15, 0.2) is 84.9 Å². The summed E-state index contributed by atoms with van der Waals surface area (Å²) in [5.41, 5.74) is 9.91. The fourth-order valence-corrected chi connectivity index (χ4v) is 3.39. The minimum absolute atomic E-state index is 0.283. The van der Waals surface area contributed by atoms with Gasteiger partial charge in [-0.05, 0) is 36.2 Å². The Labute approximate surface area is 180 Å². The molecule has 0 aliphatic carbocycles. The molecule has 0 saturated carbocycles. The van der Waals surface area contributed by atoms with E-state index < -0.39 is 5.91 Å². The minimum atomic E-state index is -0.578. The molecular formula is C25H22N4O2. The maximum atomic E-state index is 12.9. The Morgan fingerprint density at radius 1 is 0.903 bits per heavy atom. The van der Waals surface area contributed by atoms with Gasteiger partial charge in [0.2, 0.25) is 5.91 Å². The van der Waals surface area contributed by atoms with Crippen LogP contribution in [-0.2, 0) is 6.54 Å². The number of carbonyl (C=O) groups excluding carboxylic acids is 2. The summed E-state index contributed by atoms with van der Waals surface area (Å²) in [6.45, 7) is 2.53. The first-order valence-electron chi connectivity index (χ1n) is 9.90. The van der Waals surface area contributed by atoms with E-state index in [1.165, 1.54) is 6.07 Å². The second-order valence-electron chi connectivity index (χ2n) is 7.27. The lowest BCUT2D eigenvalue weighted by Crippen LogP contribution is -2.17. The van der Waals surface area contributed by atoms with Crippen LogP contribution in [0.2, 0.25) is 0 Å². The Hall–Kier alpha value is -4.19. The predicted octanol–water partition coefficient (Wildman–Crippen LogP) is 4.26. The van der Waals surface area contributed by atoms with Gasteiger partial charge in [0.15, 0.2) is 0 Å². The second-order valence-corrected chi connectivity index (χ2v) is 7.27. The first-order chi connectivity index (χ1) is 15.0. The van der Waals surface area contributed by atoms with E-state index in [4.69, 9.17) is 10.8 Å². The maximum absolute atomic E-state index is 12.9. The number of nitrogens with zero attached hydrogens (tertiary/aromatic N) is 2. The van der Waals surface area contributed by atoms with E-state index in [0.717, 1.165) is 22.4 Å². The van der Waals surface area contributed by atoms with Gasteiger partial charge in [-0.25, -0.2) is 4.68 Å². The lowest BCUT2D eigenvalue weighted by Gasteiger charge is -2.09. The van der Waals surface area contributed by atoms with Crippen molar-refractivity contribution in [2.45, 2.75) is 13.5 Å².